The van der Waals surface area contributed by atoms with E-state index >= 15 is 0 Å². The molecule has 3 N–H and O–H groups in total. The zero-order valence-corrected chi connectivity index (χ0v) is 29.0. The monoisotopic (exact) mass is 665 g/mol. The third-order valence-electron chi connectivity index (χ3n) is 8.55. The average Bonchev–Trinajstić information content (AvgIpc) is 3.42. The number of hydrogen-bond donors (Lipinski definition) is 3. The van der Waals surface area contributed by atoms with Crippen LogP contribution in [-0.2, 0) is 14.3 Å². The molecule has 0 heterocycles. The van der Waals surface area contributed by atoms with E-state index in [1.807, 2.05) is 54.6 Å². The molecular weight excluding hydrogens is 619 g/mol. The molecule has 4 aromatic rings. The lowest BCUT2D eigenvalue weighted by Crippen LogP contribution is -2.44. The van der Waals surface area contributed by atoms with Crippen molar-refractivity contribution < 1.29 is 19.1 Å². The Hall–Kier alpha value is -4.43. The van der Waals surface area contributed by atoms with Gasteiger partial charge in [-0.2, -0.15) is 0 Å². The summed E-state index contributed by atoms with van der Waals surface area (Å²) in [4.78, 5) is 27.3. The maximum atomic E-state index is 13.2. The molecule has 5 rings (SSSR count). The lowest BCUT2D eigenvalue weighted by molar-refractivity contribution is -0.144. The van der Waals surface area contributed by atoms with Gasteiger partial charge in [-0.25, -0.2) is 9.59 Å². The number of anilines is 3. The van der Waals surface area contributed by atoms with Crippen LogP contribution in [0, 0.1) is 0 Å². The van der Waals surface area contributed by atoms with Crippen molar-refractivity contribution in [3.63, 3.8) is 0 Å². The number of para-hydroxylation sites is 1. The summed E-state index contributed by atoms with van der Waals surface area (Å²) in [5.41, 5.74) is 7.49. The average molecular weight is 666 g/mol. The number of fused-ring (bicyclic) bond motifs is 3. The van der Waals surface area contributed by atoms with E-state index in [0.717, 1.165) is 50.6 Å². The van der Waals surface area contributed by atoms with Gasteiger partial charge in [-0.3, -0.25) is 0 Å². The number of unbranched alkanes of at least 4 members (excludes halogenated alkanes) is 3. The van der Waals surface area contributed by atoms with Crippen LogP contribution in [0.4, 0.5) is 21.9 Å². The molecule has 48 heavy (non-hydrogen) atoms. The molecule has 0 saturated heterocycles. The second kappa shape index (κ2) is 17.6. The van der Waals surface area contributed by atoms with Crippen LogP contribution in [-0.4, -0.2) is 43.1 Å². The van der Waals surface area contributed by atoms with E-state index in [-0.39, 0.29) is 30.9 Å². The fraction of sp³-hybridized carbons (Fsp3) is 0.350. The molecule has 0 aromatic heterocycles. The van der Waals surface area contributed by atoms with Gasteiger partial charge < -0.3 is 25.4 Å². The number of ether oxygens (including phenoxy) is 2. The van der Waals surface area contributed by atoms with Gasteiger partial charge in [-0.15, -0.1) is 11.8 Å². The first-order valence-electron chi connectivity index (χ1n) is 17.1. The van der Waals surface area contributed by atoms with Crippen LogP contribution < -0.4 is 16.0 Å². The van der Waals surface area contributed by atoms with Crippen molar-refractivity contribution in [3.05, 3.63) is 108 Å². The van der Waals surface area contributed by atoms with E-state index in [1.165, 1.54) is 37.4 Å². The van der Waals surface area contributed by atoms with E-state index in [1.54, 1.807) is 6.92 Å². The van der Waals surface area contributed by atoms with E-state index in [4.69, 9.17) is 9.47 Å². The van der Waals surface area contributed by atoms with Crippen molar-refractivity contribution in [2.24, 2.45) is 0 Å². The van der Waals surface area contributed by atoms with E-state index in [2.05, 4.69) is 72.3 Å². The number of thioether (sulfide) groups is 1. The second-order valence-electron chi connectivity index (χ2n) is 12.2. The lowest BCUT2D eigenvalue weighted by Gasteiger charge is -2.21. The Bertz CT molecular complexity index is 1600. The highest BCUT2D eigenvalue weighted by Gasteiger charge is 2.30. The van der Waals surface area contributed by atoms with Crippen molar-refractivity contribution >= 4 is 40.9 Å². The van der Waals surface area contributed by atoms with Crippen molar-refractivity contribution in [2.45, 2.75) is 75.8 Å². The normalized spacial score (nSPS) is 13.1. The van der Waals surface area contributed by atoms with Crippen molar-refractivity contribution in [2.75, 3.05) is 29.6 Å². The summed E-state index contributed by atoms with van der Waals surface area (Å²) < 4.78 is 11.2. The smallest absolute Gasteiger partial charge is 0.407 e. The Labute approximate surface area is 289 Å². The third-order valence-corrected chi connectivity index (χ3v) is 9.70. The van der Waals surface area contributed by atoms with Gasteiger partial charge in [0.1, 0.15) is 12.6 Å². The highest BCUT2D eigenvalue weighted by molar-refractivity contribution is 7.99. The quantitative estimate of drug-likeness (QED) is 0.0588. The lowest BCUT2D eigenvalue weighted by atomic mass is 9.98. The molecule has 0 spiro atoms. The third kappa shape index (κ3) is 9.34. The van der Waals surface area contributed by atoms with Crippen LogP contribution >= 0.6 is 11.8 Å². The first-order chi connectivity index (χ1) is 23.5. The van der Waals surface area contributed by atoms with Crippen LogP contribution in [0.5, 0.6) is 0 Å². The summed E-state index contributed by atoms with van der Waals surface area (Å²) in [6.45, 7) is 6.57. The van der Waals surface area contributed by atoms with E-state index in [0.29, 0.717) is 0 Å². The Balaban J connectivity index is 1.27. The highest BCUT2D eigenvalue weighted by atomic mass is 32.2. The number of esters is 1. The largest absolute Gasteiger partial charge is 0.464 e. The fourth-order valence-electron chi connectivity index (χ4n) is 6.11. The number of benzene rings is 4. The number of carbonyl (C=O) groups excluding carboxylic acids is 2. The topological polar surface area (TPSA) is 88.7 Å². The van der Waals surface area contributed by atoms with Crippen molar-refractivity contribution in [1.82, 2.24) is 5.32 Å². The minimum atomic E-state index is -0.893. The van der Waals surface area contributed by atoms with Crippen LogP contribution in [0.1, 0.15) is 69.9 Å². The Kier molecular flexibility index (Phi) is 12.8. The van der Waals surface area contributed by atoms with Crippen LogP contribution in [0.25, 0.3) is 11.1 Å². The highest BCUT2D eigenvalue weighted by Crippen LogP contribution is 2.44. The van der Waals surface area contributed by atoms with Crippen LogP contribution in [0.2, 0.25) is 0 Å². The van der Waals surface area contributed by atoms with Gasteiger partial charge in [-0.1, -0.05) is 99.3 Å². The number of nitrogens with one attached hydrogen (secondary N) is 3. The molecule has 2 unspecified atom stereocenters. The zero-order chi connectivity index (χ0) is 33.7. The summed E-state index contributed by atoms with van der Waals surface area (Å²) >= 11 is 1.50. The Morgan fingerprint density at radius 2 is 1.48 bits per heavy atom. The van der Waals surface area contributed by atoms with Gasteiger partial charge >= 0.3 is 12.1 Å². The molecule has 1 amide bonds. The molecule has 1 aliphatic rings. The molecule has 8 heteroatoms. The first-order valence-corrected chi connectivity index (χ1v) is 18.1. The van der Waals surface area contributed by atoms with Gasteiger partial charge in [0.2, 0.25) is 0 Å². The molecular formula is C40H47N3O4S. The summed E-state index contributed by atoms with van der Waals surface area (Å²) in [5, 5.41) is 9.97. The predicted octanol–water partition coefficient (Wildman–Crippen LogP) is 9.76. The molecule has 0 fully saturated rings. The van der Waals surface area contributed by atoms with Crippen molar-refractivity contribution in [3.8, 4) is 11.1 Å². The maximum Gasteiger partial charge on any atom is 0.407 e. The van der Waals surface area contributed by atoms with Gasteiger partial charge in [0, 0.05) is 39.7 Å². The summed E-state index contributed by atoms with van der Waals surface area (Å²) in [6.07, 6.45) is 5.29. The van der Waals surface area contributed by atoms with Gasteiger partial charge in [0.05, 0.1) is 6.61 Å². The number of carbonyl (C=O) groups is 2. The Morgan fingerprint density at radius 1 is 0.792 bits per heavy atom. The zero-order valence-electron chi connectivity index (χ0n) is 28.2. The molecule has 0 aliphatic heterocycles. The molecule has 0 radical (unpaired) electrons. The SMILES string of the molecule is CCCCCCC(C)Nc1ccc(Nc2ccccc2)cc1SCC(NC(=O)OCC1c2ccccc2-c2ccccc21)C(=O)OCC. The predicted molar refractivity (Wildman–Crippen MR) is 197 cm³/mol. The van der Waals surface area contributed by atoms with Crippen molar-refractivity contribution in [1.29, 1.82) is 0 Å². The first kappa shape index (κ1) is 34.9. The number of rotatable bonds is 17. The molecule has 0 saturated carbocycles. The standard InChI is InChI=1S/C40H47N3O4S/c1-4-6-7-9-16-28(3)41-36-24-23-30(42-29-17-10-8-11-18-29)25-38(36)48-27-37(39(44)46-5-2)43-40(45)47-26-35-33-21-14-12-19-31(33)32-20-13-15-22-34(32)35/h8,10-15,17-25,28,35,37,41-42H,4-7,9,16,26-27H2,1-3H3,(H,43,45). The fourth-order valence-corrected chi connectivity index (χ4v) is 7.17. The number of alkyl carbamates (subject to hydrolysis) is 1. The molecule has 252 valence electrons. The molecule has 7 nitrogen and oxygen atoms in total. The summed E-state index contributed by atoms with van der Waals surface area (Å²) in [7, 11) is 0. The molecule has 0 bridgehead atoms. The van der Waals surface area contributed by atoms with E-state index in [9.17, 15) is 9.59 Å². The minimum absolute atomic E-state index is 0.0731. The second-order valence-corrected chi connectivity index (χ2v) is 13.2. The maximum absolute atomic E-state index is 13.2. The van der Waals surface area contributed by atoms with Crippen LogP contribution in [0.3, 0.4) is 0 Å². The molecule has 4 aromatic carbocycles. The number of hydrogen-bond acceptors (Lipinski definition) is 7. The van der Waals surface area contributed by atoms with E-state index < -0.39 is 18.1 Å². The van der Waals surface area contributed by atoms with Gasteiger partial charge in [0.15, 0.2) is 0 Å². The number of amides is 1. The van der Waals surface area contributed by atoms with Gasteiger partial charge in [-0.05, 0) is 72.9 Å². The minimum Gasteiger partial charge on any atom is -0.464 e. The van der Waals surface area contributed by atoms with Crippen LogP contribution in [0.15, 0.2) is 102 Å². The summed E-state index contributed by atoms with van der Waals surface area (Å²) in [6, 6.07) is 32.0. The molecule has 1 aliphatic carbocycles. The molecule has 2 atom stereocenters. The van der Waals surface area contributed by atoms with Gasteiger partial charge in [0.25, 0.3) is 0 Å². The summed E-state index contributed by atoms with van der Waals surface area (Å²) in [5.74, 6) is -0.288. The Morgan fingerprint density at radius 3 is 2.17 bits per heavy atom.